The Labute approximate surface area is 185 Å². The fourth-order valence-corrected chi connectivity index (χ4v) is 3.91. The van der Waals surface area contributed by atoms with Crippen LogP contribution >= 0.6 is 11.6 Å². The van der Waals surface area contributed by atoms with Crippen molar-refractivity contribution < 1.29 is 19.4 Å². The number of amides is 1. The number of Topliss-reactive ketones (excluding diaryl/α,β-unsaturated/α-hetero) is 1. The Kier molecular flexibility index (Phi) is 5.53. The SMILES string of the molecule is COc1cccc(/C(O)=C2/C(=O)C(=O)N(c3ccc(Cl)cc3)C2c2cccc(C)c2)c1. The van der Waals surface area contributed by atoms with Gasteiger partial charge in [-0.3, -0.25) is 14.5 Å². The minimum atomic E-state index is -0.785. The van der Waals surface area contributed by atoms with Gasteiger partial charge >= 0.3 is 0 Å². The van der Waals surface area contributed by atoms with Crippen molar-refractivity contribution in [3.8, 4) is 5.75 Å². The molecule has 1 atom stereocenters. The molecule has 1 saturated heterocycles. The molecule has 1 aliphatic heterocycles. The molecule has 1 aliphatic rings. The number of anilines is 1. The lowest BCUT2D eigenvalue weighted by atomic mass is 9.94. The first-order chi connectivity index (χ1) is 14.9. The number of carbonyl (C=O) groups is 2. The molecule has 31 heavy (non-hydrogen) atoms. The van der Waals surface area contributed by atoms with Gasteiger partial charge in [-0.25, -0.2) is 0 Å². The highest BCUT2D eigenvalue weighted by molar-refractivity contribution is 6.51. The molecule has 156 valence electrons. The number of hydrogen-bond donors (Lipinski definition) is 1. The lowest BCUT2D eigenvalue weighted by Crippen LogP contribution is -2.29. The quantitative estimate of drug-likeness (QED) is 0.345. The first-order valence-corrected chi connectivity index (χ1v) is 10.1. The minimum absolute atomic E-state index is 0.0267. The molecular weight excluding hydrogens is 414 g/mol. The summed E-state index contributed by atoms with van der Waals surface area (Å²) in [7, 11) is 1.52. The van der Waals surface area contributed by atoms with Crippen LogP contribution in [0.2, 0.25) is 5.02 Å². The van der Waals surface area contributed by atoms with Gasteiger partial charge in [0, 0.05) is 16.3 Å². The number of halogens is 1. The van der Waals surface area contributed by atoms with E-state index < -0.39 is 17.7 Å². The number of ether oxygens (including phenoxy) is 1. The molecule has 0 aromatic heterocycles. The Morgan fingerprint density at radius 3 is 2.39 bits per heavy atom. The van der Waals surface area contributed by atoms with Crippen LogP contribution in [0.1, 0.15) is 22.7 Å². The van der Waals surface area contributed by atoms with E-state index in [0.717, 1.165) is 11.1 Å². The molecule has 4 rings (SSSR count). The molecule has 3 aromatic rings. The zero-order valence-electron chi connectivity index (χ0n) is 17.0. The molecular formula is C25H20ClNO4. The highest BCUT2D eigenvalue weighted by Gasteiger charge is 2.47. The van der Waals surface area contributed by atoms with Crippen molar-refractivity contribution in [2.75, 3.05) is 12.0 Å². The summed E-state index contributed by atoms with van der Waals surface area (Å²) in [5.41, 5.74) is 2.63. The standard InChI is InChI=1S/C25H20ClNO4/c1-15-5-3-6-16(13-15)22-21(23(28)17-7-4-8-20(14-17)31-2)24(29)25(30)27(22)19-11-9-18(26)10-12-19/h3-14,22,28H,1-2H3/b23-21-. The molecule has 0 bridgehead atoms. The average Bonchev–Trinajstić information content (AvgIpc) is 3.04. The topological polar surface area (TPSA) is 66.8 Å². The highest BCUT2D eigenvalue weighted by Crippen LogP contribution is 2.42. The van der Waals surface area contributed by atoms with Crippen LogP contribution in [0.3, 0.4) is 0 Å². The van der Waals surface area contributed by atoms with Gasteiger partial charge < -0.3 is 9.84 Å². The summed E-state index contributed by atoms with van der Waals surface area (Å²) in [4.78, 5) is 27.6. The number of nitrogens with zero attached hydrogens (tertiary/aromatic N) is 1. The number of aryl methyl sites for hydroxylation is 1. The summed E-state index contributed by atoms with van der Waals surface area (Å²) in [5, 5.41) is 11.7. The van der Waals surface area contributed by atoms with Gasteiger partial charge in [0.05, 0.1) is 18.7 Å². The second-order valence-electron chi connectivity index (χ2n) is 7.29. The summed E-state index contributed by atoms with van der Waals surface area (Å²) in [6, 6.07) is 20.2. The van der Waals surface area contributed by atoms with Gasteiger partial charge in [-0.15, -0.1) is 0 Å². The van der Waals surface area contributed by atoms with Crippen LogP contribution in [0.5, 0.6) is 5.75 Å². The summed E-state index contributed by atoms with van der Waals surface area (Å²) in [6.45, 7) is 1.93. The van der Waals surface area contributed by atoms with Crippen LogP contribution < -0.4 is 9.64 Å². The van der Waals surface area contributed by atoms with Crippen LogP contribution in [0.4, 0.5) is 5.69 Å². The molecule has 1 heterocycles. The molecule has 1 unspecified atom stereocenters. The van der Waals surface area contributed by atoms with E-state index in [4.69, 9.17) is 16.3 Å². The van der Waals surface area contributed by atoms with Crippen LogP contribution in [-0.4, -0.2) is 23.9 Å². The largest absolute Gasteiger partial charge is 0.507 e. The van der Waals surface area contributed by atoms with Gasteiger partial charge in [0.1, 0.15) is 11.5 Å². The van der Waals surface area contributed by atoms with Gasteiger partial charge in [0.25, 0.3) is 11.7 Å². The van der Waals surface area contributed by atoms with Gasteiger partial charge in [-0.05, 0) is 48.9 Å². The van der Waals surface area contributed by atoms with Crippen molar-refractivity contribution in [3.63, 3.8) is 0 Å². The van der Waals surface area contributed by atoms with Crippen molar-refractivity contribution in [1.29, 1.82) is 0 Å². The van der Waals surface area contributed by atoms with Gasteiger partial charge in [0.2, 0.25) is 0 Å². The van der Waals surface area contributed by atoms with E-state index in [1.165, 1.54) is 12.0 Å². The molecule has 1 fully saturated rings. The Bertz CT molecular complexity index is 1200. The van der Waals surface area contributed by atoms with Crippen molar-refractivity contribution in [2.24, 2.45) is 0 Å². The minimum Gasteiger partial charge on any atom is -0.507 e. The van der Waals surface area contributed by atoms with E-state index in [9.17, 15) is 14.7 Å². The summed E-state index contributed by atoms with van der Waals surface area (Å²) >= 11 is 6.01. The Balaban J connectivity index is 1.95. The predicted molar refractivity (Wildman–Crippen MR) is 120 cm³/mol. The van der Waals surface area contributed by atoms with E-state index in [-0.39, 0.29) is 11.3 Å². The van der Waals surface area contributed by atoms with Gasteiger partial charge in [0.15, 0.2) is 0 Å². The second-order valence-corrected chi connectivity index (χ2v) is 7.73. The predicted octanol–water partition coefficient (Wildman–Crippen LogP) is 5.28. The van der Waals surface area contributed by atoms with E-state index in [1.54, 1.807) is 48.5 Å². The number of hydrogen-bond acceptors (Lipinski definition) is 4. The third-order valence-electron chi connectivity index (χ3n) is 5.25. The van der Waals surface area contributed by atoms with Crippen LogP contribution in [0.25, 0.3) is 5.76 Å². The first kappa shape index (κ1) is 20.7. The van der Waals surface area contributed by atoms with Crippen molar-refractivity contribution in [2.45, 2.75) is 13.0 Å². The summed E-state index contributed by atoms with van der Waals surface area (Å²) < 4.78 is 5.24. The normalized spacial score (nSPS) is 17.8. The number of aliphatic hydroxyl groups excluding tert-OH is 1. The number of benzene rings is 3. The Hall–Kier alpha value is -3.57. The lowest BCUT2D eigenvalue weighted by molar-refractivity contribution is -0.132. The maximum atomic E-state index is 13.1. The maximum absolute atomic E-state index is 13.1. The molecule has 0 spiro atoms. The molecule has 0 aliphatic carbocycles. The summed E-state index contributed by atoms with van der Waals surface area (Å²) in [6.07, 6.45) is 0. The maximum Gasteiger partial charge on any atom is 0.300 e. The molecule has 1 amide bonds. The van der Waals surface area contributed by atoms with E-state index in [1.807, 2.05) is 31.2 Å². The van der Waals surface area contributed by atoms with Crippen LogP contribution in [-0.2, 0) is 9.59 Å². The number of rotatable bonds is 4. The lowest BCUT2D eigenvalue weighted by Gasteiger charge is -2.25. The van der Waals surface area contributed by atoms with Crippen molar-refractivity contribution in [3.05, 3.63) is 100 Å². The van der Waals surface area contributed by atoms with E-state index in [2.05, 4.69) is 0 Å². The van der Waals surface area contributed by atoms with E-state index in [0.29, 0.717) is 22.0 Å². The first-order valence-electron chi connectivity index (χ1n) is 9.68. The average molecular weight is 434 g/mol. The van der Waals surface area contributed by atoms with E-state index >= 15 is 0 Å². The van der Waals surface area contributed by atoms with Crippen LogP contribution in [0.15, 0.2) is 78.4 Å². The zero-order valence-corrected chi connectivity index (χ0v) is 17.8. The van der Waals surface area contributed by atoms with Gasteiger partial charge in [-0.2, -0.15) is 0 Å². The zero-order chi connectivity index (χ0) is 22.1. The highest BCUT2D eigenvalue weighted by atomic mass is 35.5. The molecule has 6 heteroatoms. The number of carbonyl (C=O) groups excluding carboxylic acids is 2. The third kappa shape index (κ3) is 3.80. The summed E-state index contributed by atoms with van der Waals surface area (Å²) in [5.74, 6) is -1.18. The molecule has 0 saturated carbocycles. The molecule has 0 radical (unpaired) electrons. The monoisotopic (exact) mass is 433 g/mol. The molecule has 5 nitrogen and oxygen atoms in total. The third-order valence-corrected chi connectivity index (χ3v) is 5.50. The Morgan fingerprint density at radius 1 is 1.00 bits per heavy atom. The molecule has 1 N–H and O–H groups in total. The number of ketones is 1. The van der Waals surface area contributed by atoms with Crippen molar-refractivity contribution in [1.82, 2.24) is 0 Å². The van der Waals surface area contributed by atoms with Crippen LogP contribution in [0, 0.1) is 6.92 Å². The fourth-order valence-electron chi connectivity index (χ4n) is 3.78. The smallest absolute Gasteiger partial charge is 0.300 e. The second kappa shape index (κ2) is 8.28. The van der Waals surface area contributed by atoms with Gasteiger partial charge in [-0.1, -0.05) is 53.6 Å². The number of methoxy groups -OCH3 is 1. The number of aliphatic hydroxyl groups is 1. The Morgan fingerprint density at radius 2 is 1.71 bits per heavy atom. The van der Waals surface area contributed by atoms with Crippen molar-refractivity contribution >= 4 is 34.7 Å². The molecule has 3 aromatic carbocycles. The fraction of sp³-hybridized carbons (Fsp3) is 0.120.